The Balaban J connectivity index is 1.88. The minimum atomic E-state index is -3.27. The normalized spacial score (nSPS) is 18.5. The van der Waals surface area contributed by atoms with E-state index in [1.807, 2.05) is 31.2 Å². The molecule has 2 aromatic rings. The second-order valence-electron chi connectivity index (χ2n) is 7.98. The zero-order chi connectivity index (χ0) is 21.2. The lowest BCUT2D eigenvalue weighted by Crippen LogP contribution is -2.40. The van der Waals surface area contributed by atoms with Gasteiger partial charge in [-0.25, -0.2) is 8.42 Å². The number of likely N-dealkylation sites (tertiary alicyclic amines) is 1. The van der Waals surface area contributed by atoms with Crippen LogP contribution in [0.3, 0.4) is 0 Å². The second-order valence-corrected chi connectivity index (χ2v) is 10.0. The van der Waals surface area contributed by atoms with Gasteiger partial charge in [0.2, 0.25) is 5.91 Å². The topological polar surface area (TPSA) is 71.5 Å². The fraction of sp³-hybridized carbons (Fsp3) is 0.391. The standard InChI is InChI=1S/C23H27NO4S/c1-16-4-6-17(7-5-16)21(18-8-11-20(12-9-18)29(3,27)28)14-22(25)19-10-13-23(26)24(2)15-19/h4-9,11-12,19,21H,10,13-15H2,1-3H3/t19?,21-/m1/s1. The highest BCUT2D eigenvalue weighted by molar-refractivity contribution is 7.90. The Hall–Kier alpha value is -2.47. The molecule has 0 aromatic heterocycles. The predicted molar refractivity (Wildman–Crippen MR) is 113 cm³/mol. The quantitative estimate of drug-likeness (QED) is 0.728. The van der Waals surface area contributed by atoms with Crippen LogP contribution in [0.2, 0.25) is 0 Å². The number of sulfone groups is 1. The number of ketones is 1. The van der Waals surface area contributed by atoms with Crippen LogP contribution in [-0.2, 0) is 19.4 Å². The molecule has 1 fully saturated rings. The van der Waals surface area contributed by atoms with Crippen molar-refractivity contribution in [2.75, 3.05) is 19.8 Å². The predicted octanol–water partition coefficient (Wildman–Crippen LogP) is 3.36. The number of hydrogen-bond acceptors (Lipinski definition) is 4. The summed E-state index contributed by atoms with van der Waals surface area (Å²) in [5.74, 6) is -0.0804. The molecule has 0 bridgehead atoms. The van der Waals surface area contributed by atoms with Crippen molar-refractivity contribution in [1.29, 1.82) is 0 Å². The maximum atomic E-state index is 13.1. The van der Waals surface area contributed by atoms with Crippen LogP contribution in [0, 0.1) is 12.8 Å². The summed E-state index contributed by atoms with van der Waals surface area (Å²) in [7, 11) is -1.53. The fourth-order valence-corrected chi connectivity index (χ4v) is 4.45. The van der Waals surface area contributed by atoms with E-state index in [9.17, 15) is 18.0 Å². The van der Waals surface area contributed by atoms with Crippen LogP contribution in [0.5, 0.6) is 0 Å². The lowest BCUT2D eigenvalue weighted by atomic mass is 9.82. The van der Waals surface area contributed by atoms with E-state index in [1.165, 1.54) is 6.26 Å². The molecule has 0 radical (unpaired) electrons. The number of piperidine rings is 1. The Labute approximate surface area is 172 Å². The van der Waals surface area contributed by atoms with E-state index in [4.69, 9.17) is 0 Å². The van der Waals surface area contributed by atoms with Gasteiger partial charge in [0.25, 0.3) is 0 Å². The maximum absolute atomic E-state index is 13.1. The van der Waals surface area contributed by atoms with Gasteiger partial charge in [-0.1, -0.05) is 42.0 Å². The van der Waals surface area contributed by atoms with Gasteiger partial charge in [0.15, 0.2) is 9.84 Å². The van der Waals surface area contributed by atoms with E-state index < -0.39 is 9.84 Å². The van der Waals surface area contributed by atoms with Gasteiger partial charge < -0.3 is 4.90 Å². The van der Waals surface area contributed by atoms with E-state index >= 15 is 0 Å². The lowest BCUT2D eigenvalue weighted by Gasteiger charge is -2.30. The van der Waals surface area contributed by atoms with Crippen LogP contribution in [0.25, 0.3) is 0 Å². The van der Waals surface area contributed by atoms with Gasteiger partial charge in [0.1, 0.15) is 5.78 Å². The van der Waals surface area contributed by atoms with Gasteiger partial charge in [-0.15, -0.1) is 0 Å². The molecule has 1 amide bonds. The Morgan fingerprint density at radius 3 is 2.14 bits per heavy atom. The summed E-state index contributed by atoms with van der Waals surface area (Å²) >= 11 is 0. The van der Waals surface area contributed by atoms with Gasteiger partial charge in [-0.3, -0.25) is 9.59 Å². The van der Waals surface area contributed by atoms with Crippen molar-refractivity contribution in [3.05, 3.63) is 65.2 Å². The summed E-state index contributed by atoms with van der Waals surface area (Å²) in [4.78, 5) is 26.7. The minimum absolute atomic E-state index is 0.0838. The zero-order valence-electron chi connectivity index (χ0n) is 17.1. The number of aryl methyl sites for hydroxylation is 1. The molecule has 1 aliphatic rings. The molecule has 1 saturated heterocycles. The first-order valence-electron chi connectivity index (χ1n) is 9.78. The average Bonchev–Trinajstić information content (AvgIpc) is 2.68. The van der Waals surface area contributed by atoms with Crippen molar-refractivity contribution < 1.29 is 18.0 Å². The summed E-state index contributed by atoms with van der Waals surface area (Å²) in [6.07, 6.45) is 2.51. The Morgan fingerprint density at radius 1 is 1.07 bits per heavy atom. The summed E-state index contributed by atoms with van der Waals surface area (Å²) in [6, 6.07) is 14.9. The molecule has 2 atom stereocenters. The summed E-state index contributed by atoms with van der Waals surface area (Å²) in [5, 5.41) is 0. The van der Waals surface area contributed by atoms with Crippen molar-refractivity contribution in [3.63, 3.8) is 0 Å². The Morgan fingerprint density at radius 2 is 1.62 bits per heavy atom. The fourth-order valence-electron chi connectivity index (χ4n) is 3.82. The minimum Gasteiger partial charge on any atom is -0.345 e. The van der Waals surface area contributed by atoms with Gasteiger partial charge in [0, 0.05) is 44.5 Å². The number of benzene rings is 2. The molecule has 154 valence electrons. The summed E-state index contributed by atoms with van der Waals surface area (Å²) in [5.41, 5.74) is 3.07. The van der Waals surface area contributed by atoms with E-state index in [0.717, 1.165) is 16.7 Å². The van der Waals surface area contributed by atoms with Crippen LogP contribution in [0.4, 0.5) is 0 Å². The number of Topliss-reactive ketones (excluding diaryl/α,β-unsaturated/α-hetero) is 1. The van der Waals surface area contributed by atoms with E-state index in [0.29, 0.717) is 25.8 Å². The first kappa shape index (κ1) is 21.2. The Bertz CT molecular complexity index is 994. The molecule has 0 saturated carbocycles. The Kier molecular flexibility index (Phi) is 6.22. The maximum Gasteiger partial charge on any atom is 0.222 e. The third-order valence-electron chi connectivity index (χ3n) is 5.68. The third-order valence-corrected chi connectivity index (χ3v) is 6.81. The number of amides is 1. The molecule has 0 aliphatic carbocycles. The number of hydrogen-bond donors (Lipinski definition) is 0. The van der Waals surface area contributed by atoms with Crippen LogP contribution in [0.1, 0.15) is 41.9 Å². The van der Waals surface area contributed by atoms with Crippen LogP contribution >= 0.6 is 0 Å². The molecule has 1 aliphatic heterocycles. The monoisotopic (exact) mass is 413 g/mol. The number of carbonyl (C=O) groups excluding carboxylic acids is 2. The molecule has 1 unspecified atom stereocenters. The van der Waals surface area contributed by atoms with E-state index in [-0.39, 0.29) is 28.4 Å². The van der Waals surface area contributed by atoms with Crippen LogP contribution in [-0.4, -0.2) is 44.9 Å². The molecule has 6 heteroatoms. The number of carbonyl (C=O) groups is 2. The molecule has 1 heterocycles. The largest absolute Gasteiger partial charge is 0.345 e. The SMILES string of the molecule is Cc1ccc([C@@H](CC(=O)C2CCC(=O)N(C)C2)c2ccc(S(C)(=O)=O)cc2)cc1. The second kappa shape index (κ2) is 8.49. The molecular formula is C23H27NO4S. The molecule has 0 spiro atoms. The average molecular weight is 414 g/mol. The first-order valence-corrected chi connectivity index (χ1v) is 11.7. The van der Waals surface area contributed by atoms with Gasteiger partial charge in [-0.05, 0) is 36.6 Å². The van der Waals surface area contributed by atoms with Crippen molar-refractivity contribution in [2.24, 2.45) is 5.92 Å². The van der Waals surface area contributed by atoms with Gasteiger partial charge in [0.05, 0.1) is 4.90 Å². The third kappa shape index (κ3) is 5.12. The highest BCUT2D eigenvalue weighted by atomic mass is 32.2. The van der Waals surface area contributed by atoms with Crippen molar-refractivity contribution in [2.45, 2.75) is 37.0 Å². The highest BCUT2D eigenvalue weighted by Gasteiger charge is 2.30. The van der Waals surface area contributed by atoms with Crippen molar-refractivity contribution >= 4 is 21.5 Å². The summed E-state index contributed by atoms with van der Waals surface area (Å²) in [6.45, 7) is 2.48. The van der Waals surface area contributed by atoms with Crippen molar-refractivity contribution in [3.8, 4) is 0 Å². The molecular weight excluding hydrogens is 386 g/mol. The molecule has 29 heavy (non-hydrogen) atoms. The van der Waals surface area contributed by atoms with Crippen LogP contribution < -0.4 is 0 Å². The smallest absolute Gasteiger partial charge is 0.222 e. The molecule has 0 N–H and O–H groups in total. The molecule has 3 rings (SSSR count). The van der Waals surface area contributed by atoms with Crippen molar-refractivity contribution in [1.82, 2.24) is 4.90 Å². The number of nitrogens with zero attached hydrogens (tertiary/aromatic N) is 1. The van der Waals surface area contributed by atoms with Gasteiger partial charge in [-0.2, -0.15) is 0 Å². The number of rotatable bonds is 6. The highest BCUT2D eigenvalue weighted by Crippen LogP contribution is 2.32. The van der Waals surface area contributed by atoms with E-state index in [1.54, 1.807) is 36.2 Å². The molecule has 2 aromatic carbocycles. The zero-order valence-corrected chi connectivity index (χ0v) is 17.9. The first-order chi connectivity index (χ1) is 13.6. The van der Waals surface area contributed by atoms with Crippen LogP contribution in [0.15, 0.2) is 53.4 Å². The lowest BCUT2D eigenvalue weighted by molar-refractivity contribution is -0.136. The van der Waals surface area contributed by atoms with Gasteiger partial charge >= 0.3 is 0 Å². The summed E-state index contributed by atoms with van der Waals surface area (Å²) < 4.78 is 23.6. The molecule has 5 nitrogen and oxygen atoms in total. The van der Waals surface area contributed by atoms with E-state index in [2.05, 4.69) is 0 Å².